The van der Waals surface area contributed by atoms with Crippen LogP contribution in [0.25, 0.3) is 0 Å². The highest BCUT2D eigenvalue weighted by Gasteiger charge is 2.23. The quantitative estimate of drug-likeness (QED) is 0.886. The number of hydrogen-bond acceptors (Lipinski definition) is 2. The lowest BCUT2D eigenvalue weighted by atomic mass is 10.0. The van der Waals surface area contributed by atoms with Crippen molar-refractivity contribution in [2.75, 3.05) is 6.61 Å². The molecule has 88 valence electrons. The fraction of sp³-hybridized carbons (Fsp3) is 0.500. The van der Waals surface area contributed by atoms with Gasteiger partial charge in [0.2, 0.25) is 0 Å². The predicted octanol–water partition coefficient (Wildman–Crippen LogP) is 2.53. The number of halogens is 2. The van der Waals surface area contributed by atoms with E-state index in [9.17, 15) is 4.39 Å². The Kier molecular flexibility index (Phi) is 3.79. The minimum atomic E-state index is -0.320. The molecule has 1 aromatic carbocycles. The van der Waals surface area contributed by atoms with E-state index in [0.29, 0.717) is 11.4 Å². The van der Waals surface area contributed by atoms with Crippen molar-refractivity contribution in [2.24, 2.45) is 5.73 Å². The molecule has 4 heteroatoms. The Balaban J connectivity index is 2.02. The lowest BCUT2D eigenvalue weighted by molar-refractivity contribution is 0.0900. The number of nitrogens with two attached hydrogens (primary N) is 1. The summed E-state index contributed by atoms with van der Waals surface area (Å²) in [5.74, 6) is -0.320. The highest BCUT2D eigenvalue weighted by atomic mass is 35.5. The molecule has 2 atom stereocenters. The first-order valence-electron chi connectivity index (χ1n) is 5.48. The summed E-state index contributed by atoms with van der Waals surface area (Å²) in [7, 11) is 0. The SMILES string of the molecule is NC(Cc1ccc(F)cc1Cl)C1CCCO1. The van der Waals surface area contributed by atoms with Gasteiger partial charge in [0.1, 0.15) is 5.82 Å². The molecule has 0 radical (unpaired) electrons. The van der Waals surface area contributed by atoms with Crippen molar-refractivity contribution in [3.8, 4) is 0 Å². The maximum absolute atomic E-state index is 12.8. The van der Waals surface area contributed by atoms with Gasteiger partial charge in [0.05, 0.1) is 6.10 Å². The molecule has 1 fully saturated rings. The van der Waals surface area contributed by atoms with E-state index >= 15 is 0 Å². The molecule has 0 spiro atoms. The largest absolute Gasteiger partial charge is 0.377 e. The van der Waals surface area contributed by atoms with Gasteiger partial charge in [-0.05, 0) is 37.0 Å². The van der Waals surface area contributed by atoms with Crippen LogP contribution >= 0.6 is 11.6 Å². The highest BCUT2D eigenvalue weighted by Crippen LogP contribution is 2.22. The van der Waals surface area contributed by atoms with Crippen LogP contribution in [-0.4, -0.2) is 18.8 Å². The van der Waals surface area contributed by atoms with Crippen LogP contribution in [0.4, 0.5) is 4.39 Å². The van der Waals surface area contributed by atoms with Crippen LogP contribution in [0.3, 0.4) is 0 Å². The molecular formula is C12H15ClFNO. The van der Waals surface area contributed by atoms with Gasteiger partial charge < -0.3 is 10.5 Å². The van der Waals surface area contributed by atoms with E-state index in [2.05, 4.69) is 0 Å². The zero-order valence-electron chi connectivity index (χ0n) is 8.96. The first-order chi connectivity index (χ1) is 7.66. The smallest absolute Gasteiger partial charge is 0.124 e. The highest BCUT2D eigenvalue weighted by molar-refractivity contribution is 6.31. The average Bonchev–Trinajstić information content (AvgIpc) is 2.75. The van der Waals surface area contributed by atoms with Crippen molar-refractivity contribution in [3.05, 3.63) is 34.6 Å². The van der Waals surface area contributed by atoms with Gasteiger partial charge in [-0.15, -0.1) is 0 Å². The molecule has 0 aliphatic carbocycles. The van der Waals surface area contributed by atoms with Gasteiger partial charge in [0.15, 0.2) is 0 Å². The zero-order chi connectivity index (χ0) is 11.5. The summed E-state index contributed by atoms with van der Waals surface area (Å²) in [6.45, 7) is 0.787. The minimum Gasteiger partial charge on any atom is -0.377 e. The molecule has 0 amide bonds. The summed E-state index contributed by atoms with van der Waals surface area (Å²) in [5.41, 5.74) is 6.92. The molecule has 2 rings (SSSR count). The Labute approximate surface area is 99.5 Å². The summed E-state index contributed by atoms with van der Waals surface area (Å²) in [4.78, 5) is 0. The van der Waals surface area contributed by atoms with Gasteiger partial charge in [-0.1, -0.05) is 17.7 Å². The van der Waals surface area contributed by atoms with Gasteiger partial charge in [0, 0.05) is 17.7 Å². The van der Waals surface area contributed by atoms with Crippen molar-refractivity contribution in [3.63, 3.8) is 0 Å². The summed E-state index contributed by atoms with van der Waals surface area (Å²) >= 11 is 5.94. The molecule has 2 N–H and O–H groups in total. The summed E-state index contributed by atoms with van der Waals surface area (Å²) in [6, 6.07) is 4.35. The third kappa shape index (κ3) is 2.73. The fourth-order valence-corrected chi connectivity index (χ4v) is 2.26. The molecule has 1 aromatic rings. The van der Waals surface area contributed by atoms with E-state index in [4.69, 9.17) is 22.1 Å². The first kappa shape index (κ1) is 11.8. The average molecular weight is 244 g/mol. The second kappa shape index (κ2) is 5.13. The van der Waals surface area contributed by atoms with E-state index in [-0.39, 0.29) is 18.0 Å². The lowest BCUT2D eigenvalue weighted by Gasteiger charge is -2.19. The Morgan fingerprint density at radius 2 is 2.38 bits per heavy atom. The third-order valence-electron chi connectivity index (χ3n) is 2.91. The molecule has 0 saturated carbocycles. The topological polar surface area (TPSA) is 35.2 Å². The second-order valence-corrected chi connectivity index (χ2v) is 4.56. The normalized spacial score (nSPS) is 22.3. The molecule has 0 aromatic heterocycles. The zero-order valence-corrected chi connectivity index (χ0v) is 9.71. The molecule has 1 heterocycles. The van der Waals surface area contributed by atoms with Crippen LogP contribution in [-0.2, 0) is 11.2 Å². The molecule has 1 aliphatic heterocycles. The molecule has 2 unspecified atom stereocenters. The standard InChI is InChI=1S/C12H15ClFNO/c13-10-7-9(14)4-3-8(10)6-11(15)12-2-1-5-16-12/h3-4,7,11-12H,1-2,5-6,15H2. The van der Waals surface area contributed by atoms with Crippen LogP contribution in [0.2, 0.25) is 5.02 Å². The van der Waals surface area contributed by atoms with Crippen LogP contribution in [0.15, 0.2) is 18.2 Å². The lowest BCUT2D eigenvalue weighted by Crippen LogP contribution is -2.36. The number of rotatable bonds is 3. The van der Waals surface area contributed by atoms with Crippen molar-refractivity contribution in [2.45, 2.75) is 31.4 Å². The Morgan fingerprint density at radius 1 is 1.56 bits per heavy atom. The van der Waals surface area contributed by atoms with Crippen LogP contribution in [0.5, 0.6) is 0 Å². The molecule has 1 aliphatic rings. The monoisotopic (exact) mass is 243 g/mol. The summed E-state index contributed by atoms with van der Waals surface area (Å²) < 4.78 is 18.4. The summed E-state index contributed by atoms with van der Waals surface area (Å²) in [6.07, 6.45) is 2.81. The van der Waals surface area contributed by atoms with Crippen molar-refractivity contribution in [1.29, 1.82) is 0 Å². The van der Waals surface area contributed by atoms with Crippen molar-refractivity contribution >= 4 is 11.6 Å². The van der Waals surface area contributed by atoms with Crippen molar-refractivity contribution < 1.29 is 9.13 Å². The van der Waals surface area contributed by atoms with Crippen molar-refractivity contribution in [1.82, 2.24) is 0 Å². The number of hydrogen-bond donors (Lipinski definition) is 1. The van der Waals surface area contributed by atoms with Gasteiger partial charge in [-0.25, -0.2) is 4.39 Å². The molecular weight excluding hydrogens is 229 g/mol. The Hall–Kier alpha value is -0.640. The van der Waals surface area contributed by atoms with E-state index in [1.165, 1.54) is 12.1 Å². The van der Waals surface area contributed by atoms with E-state index in [0.717, 1.165) is 25.0 Å². The van der Waals surface area contributed by atoms with E-state index in [1.807, 2.05) is 0 Å². The molecule has 2 nitrogen and oxygen atoms in total. The molecule has 0 bridgehead atoms. The van der Waals surface area contributed by atoms with E-state index < -0.39 is 0 Å². The van der Waals surface area contributed by atoms with Crippen LogP contribution in [0.1, 0.15) is 18.4 Å². The number of ether oxygens (including phenoxy) is 1. The maximum atomic E-state index is 12.8. The van der Waals surface area contributed by atoms with Gasteiger partial charge >= 0.3 is 0 Å². The first-order valence-corrected chi connectivity index (χ1v) is 5.86. The fourth-order valence-electron chi connectivity index (χ4n) is 2.01. The maximum Gasteiger partial charge on any atom is 0.124 e. The van der Waals surface area contributed by atoms with E-state index in [1.54, 1.807) is 6.07 Å². The number of benzene rings is 1. The van der Waals surface area contributed by atoms with Gasteiger partial charge in [0.25, 0.3) is 0 Å². The Morgan fingerprint density at radius 3 is 3.00 bits per heavy atom. The van der Waals surface area contributed by atoms with Crippen LogP contribution < -0.4 is 5.73 Å². The molecule has 1 saturated heterocycles. The Bertz CT molecular complexity index is 366. The van der Waals surface area contributed by atoms with Gasteiger partial charge in [-0.3, -0.25) is 0 Å². The summed E-state index contributed by atoms with van der Waals surface area (Å²) in [5, 5.41) is 0.438. The van der Waals surface area contributed by atoms with Crippen LogP contribution in [0, 0.1) is 5.82 Å². The molecule has 16 heavy (non-hydrogen) atoms. The van der Waals surface area contributed by atoms with Gasteiger partial charge in [-0.2, -0.15) is 0 Å². The predicted molar refractivity (Wildman–Crippen MR) is 62.1 cm³/mol. The minimum absolute atomic E-state index is 0.0644. The second-order valence-electron chi connectivity index (χ2n) is 4.16. The third-order valence-corrected chi connectivity index (χ3v) is 3.27.